The van der Waals surface area contributed by atoms with Crippen LogP contribution >= 0.6 is 0 Å². The Hall–Kier alpha value is -6.72. The Morgan fingerprint density at radius 3 is 1.74 bits per heavy atom. The van der Waals surface area contributed by atoms with Crippen molar-refractivity contribution in [3.05, 3.63) is 179 Å². The van der Waals surface area contributed by atoms with Crippen molar-refractivity contribution < 1.29 is 4.42 Å². The highest BCUT2D eigenvalue weighted by atomic mass is 16.3. The fourth-order valence-corrected chi connectivity index (χ4v) is 15.0. The van der Waals surface area contributed by atoms with Crippen LogP contribution in [0.2, 0.25) is 0 Å². The van der Waals surface area contributed by atoms with Crippen molar-refractivity contribution in [3.63, 3.8) is 0 Å². The lowest BCUT2D eigenvalue weighted by atomic mass is 9.33. The molecule has 0 radical (unpaired) electrons. The van der Waals surface area contributed by atoms with E-state index in [1.807, 2.05) is 0 Å². The lowest BCUT2D eigenvalue weighted by molar-refractivity contribution is 0.195. The Morgan fingerprint density at radius 2 is 1.14 bits per heavy atom. The maximum Gasteiger partial charge on any atom is 0.252 e. The first-order valence-corrected chi connectivity index (χ1v) is 30.5. The van der Waals surface area contributed by atoms with E-state index in [2.05, 4.69) is 278 Å². The first kappa shape index (κ1) is 53.6. The summed E-state index contributed by atoms with van der Waals surface area (Å²) < 4.78 is 7.16. The molecule has 3 aliphatic heterocycles. The topological polar surface area (TPSA) is 22.9 Å². The fourth-order valence-electron chi connectivity index (χ4n) is 15.0. The number of anilines is 8. The Kier molecular flexibility index (Phi) is 11.8. The van der Waals surface area contributed by atoms with E-state index in [4.69, 9.17) is 4.42 Å². The SMILES string of the molecule is CC(C)(C)c1ccc(N(c2ccc(C(C)(C)C)cc2)c2cc3c4c(c2)N2c5c(cc(C(C)(C)C)cc5C5(C)CCCCC25C)B4c2ccc4oc5c(c4c2N3c2ccc(C(C)(C)C)cc2-c2ccccc2)CC(C(C)(C)C)C=C5)cc1. The second-order valence-corrected chi connectivity index (χ2v) is 30.7. The summed E-state index contributed by atoms with van der Waals surface area (Å²) in [5, 5.41) is 1.24. The molecule has 0 amide bonds. The van der Waals surface area contributed by atoms with Crippen LogP contribution in [-0.2, 0) is 33.5 Å². The number of benzene rings is 7. The van der Waals surface area contributed by atoms with Crippen LogP contribution < -0.4 is 31.1 Å². The van der Waals surface area contributed by atoms with Crippen LogP contribution in [0, 0.1) is 11.3 Å². The lowest BCUT2D eigenvalue weighted by Gasteiger charge is -2.53. The summed E-state index contributed by atoms with van der Waals surface area (Å²) in [6, 6.07) is 52.8. The minimum Gasteiger partial charge on any atom is -0.456 e. The molecule has 1 fully saturated rings. The highest BCUT2D eigenvalue weighted by Crippen LogP contribution is 2.63. The third-order valence-electron chi connectivity index (χ3n) is 20.3. The number of rotatable bonds is 5. The van der Waals surface area contributed by atoms with Gasteiger partial charge < -0.3 is 19.1 Å². The zero-order chi connectivity index (χ0) is 57.3. The summed E-state index contributed by atoms with van der Waals surface area (Å²) in [4.78, 5) is 8.23. The third-order valence-corrected chi connectivity index (χ3v) is 20.3. The van der Waals surface area contributed by atoms with Crippen LogP contribution in [0.1, 0.15) is 183 Å². The van der Waals surface area contributed by atoms with Crippen LogP contribution in [0.5, 0.6) is 0 Å². The van der Waals surface area contributed by atoms with Crippen molar-refractivity contribution >= 4 is 85.6 Å². The van der Waals surface area contributed by atoms with Crippen molar-refractivity contribution in [2.75, 3.05) is 14.7 Å². The van der Waals surface area contributed by atoms with E-state index in [1.54, 1.807) is 0 Å². The number of hydrogen-bond donors (Lipinski definition) is 0. The molecular weight excluding hydrogens is 982 g/mol. The van der Waals surface area contributed by atoms with Gasteiger partial charge >= 0.3 is 0 Å². The van der Waals surface area contributed by atoms with Gasteiger partial charge in [-0.25, -0.2) is 0 Å². The average molecular weight is 1070 g/mol. The first-order chi connectivity index (χ1) is 38.1. The zero-order valence-corrected chi connectivity index (χ0v) is 51.8. The van der Waals surface area contributed by atoms with Gasteiger partial charge in [-0.2, -0.15) is 0 Å². The molecule has 13 rings (SSSR count). The number of allylic oxidation sites excluding steroid dienone is 1. The highest BCUT2D eigenvalue weighted by molar-refractivity contribution is 7.00. The maximum atomic E-state index is 7.16. The van der Waals surface area contributed by atoms with Crippen molar-refractivity contribution in [2.45, 2.75) is 182 Å². The summed E-state index contributed by atoms with van der Waals surface area (Å²) in [7, 11) is 0. The summed E-state index contributed by atoms with van der Waals surface area (Å²) in [5.74, 6) is 1.34. The van der Waals surface area contributed by atoms with Gasteiger partial charge in [-0.15, -0.1) is 0 Å². The van der Waals surface area contributed by atoms with Crippen LogP contribution in [0.4, 0.5) is 45.5 Å². The molecule has 4 heterocycles. The third kappa shape index (κ3) is 8.26. The van der Waals surface area contributed by atoms with E-state index < -0.39 is 0 Å². The Balaban J connectivity index is 1.21. The van der Waals surface area contributed by atoms with E-state index in [9.17, 15) is 0 Å². The molecule has 81 heavy (non-hydrogen) atoms. The van der Waals surface area contributed by atoms with E-state index in [0.29, 0.717) is 5.92 Å². The molecular formula is C76H86BN3O. The van der Waals surface area contributed by atoms with Gasteiger partial charge in [-0.3, -0.25) is 0 Å². The van der Waals surface area contributed by atoms with Crippen LogP contribution in [0.15, 0.2) is 144 Å². The lowest BCUT2D eigenvalue weighted by Crippen LogP contribution is -2.64. The second-order valence-electron chi connectivity index (χ2n) is 30.7. The Bertz CT molecular complexity index is 3800. The molecule has 8 aromatic rings. The molecule has 0 N–H and O–H groups in total. The smallest absolute Gasteiger partial charge is 0.252 e. The van der Waals surface area contributed by atoms with Gasteiger partial charge in [0.2, 0.25) is 0 Å². The van der Waals surface area contributed by atoms with Crippen molar-refractivity contribution in [3.8, 4) is 11.1 Å². The van der Waals surface area contributed by atoms with Gasteiger partial charge in [0.1, 0.15) is 11.3 Å². The maximum absolute atomic E-state index is 7.16. The summed E-state index contributed by atoms with van der Waals surface area (Å²) in [6.45, 7) is 40.6. The fraction of sp³-hybridized carbons (Fsp3) is 0.395. The molecule has 3 atom stereocenters. The normalized spacial score (nSPS) is 20.3. The molecule has 3 unspecified atom stereocenters. The molecule has 5 aliphatic rings. The monoisotopic (exact) mass is 1070 g/mol. The standard InChI is InChI=1S/C76H86BN3O/c1-70(2,3)48-25-31-53(32-26-48)78(54-33-27-49(28-34-54)71(4,5)6)55-45-62-67-63(46-55)80-68-58(75(16)39-21-22-40-76(75,80)17)43-52(74(13,14)15)44-60(68)77(67)59-35-38-65-66(57-42-51(73(10,11)12)30-37-64(57)81-65)69(59)79(62)61-36-29-50(72(7,8)9)41-56(61)47-23-19-18-20-24-47/h18-20,23-38,41,43-46,51H,21-22,39-40,42H2,1-17H3. The van der Waals surface area contributed by atoms with Gasteiger partial charge in [-0.05, 0) is 170 Å². The molecule has 0 bridgehead atoms. The molecule has 5 heteroatoms. The van der Waals surface area contributed by atoms with Gasteiger partial charge in [0.15, 0.2) is 0 Å². The van der Waals surface area contributed by atoms with E-state index in [1.165, 1.54) is 108 Å². The van der Waals surface area contributed by atoms with Gasteiger partial charge in [0, 0.05) is 50.4 Å². The second kappa shape index (κ2) is 17.9. The van der Waals surface area contributed by atoms with Crippen LogP contribution in [0.3, 0.4) is 0 Å². The molecule has 0 spiro atoms. The average Bonchev–Trinajstić information content (AvgIpc) is 1.72. The van der Waals surface area contributed by atoms with Crippen LogP contribution in [0.25, 0.3) is 28.2 Å². The van der Waals surface area contributed by atoms with Gasteiger partial charge in [0.25, 0.3) is 6.71 Å². The largest absolute Gasteiger partial charge is 0.456 e. The van der Waals surface area contributed by atoms with Gasteiger partial charge in [0.05, 0.1) is 22.6 Å². The number of nitrogens with zero attached hydrogens (tertiary/aromatic N) is 3. The quantitative estimate of drug-likeness (QED) is 0.160. The summed E-state index contributed by atoms with van der Waals surface area (Å²) in [6.07, 6.45) is 10.3. The highest BCUT2D eigenvalue weighted by Gasteiger charge is 2.62. The number of furan rings is 1. The molecule has 0 saturated heterocycles. The summed E-state index contributed by atoms with van der Waals surface area (Å²) >= 11 is 0. The molecule has 414 valence electrons. The summed E-state index contributed by atoms with van der Waals surface area (Å²) in [5.41, 5.74) is 25.3. The molecule has 2 aliphatic carbocycles. The molecule has 1 aromatic heterocycles. The first-order valence-electron chi connectivity index (χ1n) is 30.5. The minimum absolute atomic E-state index is 0.00567. The minimum atomic E-state index is -0.180. The molecule has 4 nitrogen and oxygen atoms in total. The van der Waals surface area contributed by atoms with Crippen LogP contribution in [-0.4, -0.2) is 12.3 Å². The van der Waals surface area contributed by atoms with Crippen molar-refractivity contribution in [2.24, 2.45) is 11.3 Å². The van der Waals surface area contributed by atoms with E-state index in [-0.39, 0.29) is 44.7 Å². The predicted molar refractivity (Wildman–Crippen MR) is 349 cm³/mol. The Labute approximate surface area is 485 Å². The Morgan fingerprint density at radius 1 is 0.543 bits per heavy atom. The predicted octanol–water partition coefficient (Wildman–Crippen LogP) is 19.3. The number of hydrogen-bond acceptors (Lipinski definition) is 4. The van der Waals surface area contributed by atoms with E-state index >= 15 is 0 Å². The van der Waals surface area contributed by atoms with Crippen molar-refractivity contribution in [1.82, 2.24) is 0 Å². The van der Waals surface area contributed by atoms with Gasteiger partial charge in [-0.1, -0.05) is 209 Å². The van der Waals surface area contributed by atoms with E-state index in [0.717, 1.165) is 47.7 Å². The zero-order valence-electron chi connectivity index (χ0n) is 51.8. The number of fused-ring (bicyclic) bond motifs is 11. The molecule has 7 aromatic carbocycles. The molecule has 1 saturated carbocycles. The van der Waals surface area contributed by atoms with Crippen molar-refractivity contribution in [1.29, 1.82) is 0 Å².